The van der Waals surface area contributed by atoms with Crippen molar-refractivity contribution in [3.63, 3.8) is 0 Å². The minimum Gasteiger partial charge on any atom is -0.464 e. The topological polar surface area (TPSA) is 106 Å². The van der Waals surface area contributed by atoms with Crippen molar-refractivity contribution in [3.8, 4) is 17.1 Å². The zero-order valence-electron chi connectivity index (χ0n) is 18.2. The molecule has 4 aromatic rings. The van der Waals surface area contributed by atoms with E-state index in [1.54, 1.807) is 24.0 Å². The van der Waals surface area contributed by atoms with Crippen LogP contribution in [0, 0.1) is 0 Å². The van der Waals surface area contributed by atoms with Crippen LogP contribution < -0.4 is 10.1 Å². The molecule has 0 saturated heterocycles. The monoisotopic (exact) mass is 434 g/mol. The number of nitrogens with zero attached hydrogens (tertiary/aromatic N) is 4. The Morgan fingerprint density at radius 3 is 2.91 bits per heavy atom. The summed E-state index contributed by atoms with van der Waals surface area (Å²) in [5, 5.41) is 8.42. The largest absolute Gasteiger partial charge is 0.464 e. The smallest absolute Gasteiger partial charge is 0.318 e. The summed E-state index contributed by atoms with van der Waals surface area (Å²) in [4.78, 5) is 24.9. The highest BCUT2D eigenvalue weighted by Crippen LogP contribution is 2.30. The van der Waals surface area contributed by atoms with E-state index in [4.69, 9.17) is 9.47 Å². The van der Waals surface area contributed by atoms with Gasteiger partial charge in [0.2, 0.25) is 0 Å². The van der Waals surface area contributed by atoms with E-state index < -0.39 is 0 Å². The third-order valence-electron chi connectivity index (χ3n) is 6.10. The lowest BCUT2D eigenvalue weighted by Crippen LogP contribution is -2.38. The zero-order valence-corrected chi connectivity index (χ0v) is 18.2. The van der Waals surface area contributed by atoms with Gasteiger partial charge in [-0.25, -0.2) is 9.50 Å². The van der Waals surface area contributed by atoms with Crippen molar-refractivity contribution in [1.82, 2.24) is 29.9 Å². The Bertz CT molecular complexity index is 1260. The summed E-state index contributed by atoms with van der Waals surface area (Å²) in [5.41, 5.74) is 3.93. The summed E-state index contributed by atoms with van der Waals surface area (Å²) in [6.07, 6.45) is 11.2. The molecule has 2 N–H and O–H groups in total. The molecule has 1 amide bonds. The first-order valence-corrected chi connectivity index (χ1v) is 10.9. The van der Waals surface area contributed by atoms with Crippen LogP contribution >= 0.6 is 0 Å². The summed E-state index contributed by atoms with van der Waals surface area (Å²) >= 11 is 0. The van der Waals surface area contributed by atoms with Gasteiger partial charge in [0.15, 0.2) is 0 Å². The predicted octanol–water partition coefficient (Wildman–Crippen LogP) is 3.36. The van der Waals surface area contributed by atoms with Crippen LogP contribution in [0.3, 0.4) is 0 Å². The molecule has 0 bridgehead atoms. The number of aromatic amines is 1. The lowest BCUT2D eigenvalue weighted by molar-refractivity contribution is 0.0599. The molecule has 0 spiro atoms. The van der Waals surface area contributed by atoms with Crippen molar-refractivity contribution in [1.29, 1.82) is 0 Å². The van der Waals surface area contributed by atoms with Crippen LogP contribution in [0.2, 0.25) is 0 Å². The highest BCUT2D eigenvalue weighted by Gasteiger charge is 2.24. The highest BCUT2D eigenvalue weighted by atomic mass is 16.5. The number of ether oxygens (including phenoxy) is 2. The van der Waals surface area contributed by atoms with E-state index in [2.05, 4.69) is 25.4 Å². The summed E-state index contributed by atoms with van der Waals surface area (Å²) < 4.78 is 12.5. The van der Waals surface area contributed by atoms with Gasteiger partial charge in [-0.15, -0.1) is 0 Å². The number of methoxy groups -OCH3 is 1. The Hall–Kier alpha value is -3.46. The minimum absolute atomic E-state index is 0.0957. The number of hydrogen-bond acceptors (Lipinski definition) is 6. The molecule has 1 aliphatic carbocycles. The van der Waals surface area contributed by atoms with Crippen LogP contribution in [0.4, 0.5) is 0 Å². The molecule has 4 heterocycles. The Morgan fingerprint density at radius 1 is 1.28 bits per heavy atom. The average Bonchev–Trinajstić information content (AvgIpc) is 3.43. The van der Waals surface area contributed by atoms with Gasteiger partial charge in [0.1, 0.15) is 5.65 Å². The fourth-order valence-electron chi connectivity index (χ4n) is 4.36. The summed E-state index contributed by atoms with van der Waals surface area (Å²) in [6, 6.07) is 4.45. The van der Waals surface area contributed by atoms with Crippen LogP contribution in [-0.4, -0.2) is 56.3 Å². The van der Waals surface area contributed by atoms with Crippen molar-refractivity contribution in [2.75, 3.05) is 13.7 Å². The third kappa shape index (κ3) is 3.80. The number of carbonyl (C=O) groups is 1. The van der Waals surface area contributed by atoms with Gasteiger partial charge in [-0.2, -0.15) is 10.1 Å². The van der Waals surface area contributed by atoms with Crippen molar-refractivity contribution >= 4 is 22.5 Å². The van der Waals surface area contributed by atoms with Crippen LogP contribution in [0.5, 0.6) is 6.01 Å². The van der Waals surface area contributed by atoms with E-state index in [1.807, 2.05) is 31.5 Å². The molecule has 5 rings (SSSR count). The Balaban J connectivity index is 1.42. The minimum atomic E-state index is -0.0957. The number of hydrogen-bond donors (Lipinski definition) is 2. The zero-order chi connectivity index (χ0) is 22.1. The Kier molecular flexibility index (Phi) is 5.48. The quantitative estimate of drug-likeness (QED) is 0.482. The van der Waals surface area contributed by atoms with Gasteiger partial charge in [0, 0.05) is 42.7 Å². The molecule has 4 aromatic heterocycles. The fourth-order valence-corrected chi connectivity index (χ4v) is 4.36. The number of H-pyrrole nitrogens is 1. The molecule has 0 unspecified atom stereocenters. The SMILES string of the molecule is CCOc1ncc2c(-c3ccn4ncc(C(=O)NC5CCC(OC)CC5)c4c3)c[nH]c2n1. The summed E-state index contributed by atoms with van der Waals surface area (Å²) in [6.45, 7) is 2.41. The van der Waals surface area contributed by atoms with E-state index in [0.717, 1.165) is 47.7 Å². The van der Waals surface area contributed by atoms with Gasteiger partial charge in [-0.1, -0.05) is 0 Å². The van der Waals surface area contributed by atoms with Crippen LogP contribution in [0.15, 0.2) is 36.9 Å². The fraction of sp³-hybridized carbons (Fsp3) is 0.391. The van der Waals surface area contributed by atoms with Crippen molar-refractivity contribution in [2.24, 2.45) is 0 Å². The van der Waals surface area contributed by atoms with Gasteiger partial charge in [-0.05, 0) is 50.3 Å². The highest BCUT2D eigenvalue weighted by molar-refractivity contribution is 6.02. The van der Waals surface area contributed by atoms with E-state index in [-0.39, 0.29) is 11.9 Å². The van der Waals surface area contributed by atoms with Gasteiger partial charge >= 0.3 is 6.01 Å². The Morgan fingerprint density at radius 2 is 2.12 bits per heavy atom. The van der Waals surface area contributed by atoms with Crippen LogP contribution in [-0.2, 0) is 4.74 Å². The van der Waals surface area contributed by atoms with E-state index in [1.165, 1.54) is 0 Å². The van der Waals surface area contributed by atoms with E-state index in [0.29, 0.717) is 29.9 Å². The number of pyridine rings is 1. The lowest BCUT2D eigenvalue weighted by Gasteiger charge is -2.28. The van der Waals surface area contributed by atoms with Gasteiger partial charge in [0.05, 0.1) is 30.0 Å². The Labute approximate surface area is 185 Å². The normalized spacial score (nSPS) is 18.8. The first-order valence-electron chi connectivity index (χ1n) is 10.9. The molecule has 1 saturated carbocycles. The van der Waals surface area contributed by atoms with Gasteiger partial charge < -0.3 is 19.8 Å². The molecule has 166 valence electrons. The van der Waals surface area contributed by atoms with Crippen molar-refractivity contribution in [2.45, 2.75) is 44.8 Å². The number of fused-ring (bicyclic) bond motifs is 2. The predicted molar refractivity (Wildman–Crippen MR) is 120 cm³/mol. The van der Waals surface area contributed by atoms with Crippen molar-refractivity contribution in [3.05, 3.63) is 42.5 Å². The van der Waals surface area contributed by atoms with Crippen LogP contribution in [0.25, 0.3) is 27.7 Å². The molecule has 0 atom stereocenters. The third-order valence-corrected chi connectivity index (χ3v) is 6.10. The first kappa shape index (κ1) is 20.4. The number of carbonyl (C=O) groups excluding carboxylic acids is 1. The summed E-state index contributed by atoms with van der Waals surface area (Å²) in [5.74, 6) is -0.0957. The van der Waals surface area contributed by atoms with Gasteiger partial charge in [-0.3, -0.25) is 4.79 Å². The maximum Gasteiger partial charge on any atom is 0.318 e. The second kappa shape index (κ2) is 8.58. The first-order chi connectivity index (χ1) is 15.7. The number of nitrogens with one attached hydrogen (secondary N) is 2. The second-order valence-electron chi connectivity index (χ2n) is 8.04. The maximum absolute atomic E-state index is 13.0. The van der Waals surface area contributed by atoms with E-state index in [9.17, 15) is 4.79 Å². The van der Waals surface area contributed by atoms with Crippen molar-refractivity contribution < 1.29 is 14.3 Å². The molecule has 0 aromatic carbocycles. The number of aromatic nitrogens is 5. The number of amides is 1. The molecule has 9 heteroatoms. The lowest BCUT2D eigenvalue weighted by atomic mass is 9.93. The van der Waals surface area contributed by atoms with Gasteiger partial charge in [0.25, 0.3) is 5.91 Å². The molecule has 0 aliphatic heterocycles. The molecular weight excluding hydrogens is 408 g/mol. The molecule has 32 heavy (non-hydrogen) atoms. The summed E-state index contributed by atoms with van der Waals surface area (Å²) in [7, 11) is 1.75. The molecule has 1 fully saturated rings. The molecule has 0 radical (unpaired) electrons. The molecule has 1 aliphatic rings. The second-order valence-corrected chi connectivity index (χ2v) is 8.04. The maximum atomic E-state index is 13.0. The molecular formula is C23H26N6O3. The molecule has 9 nitrogen and oxygen atoms in total. The van der Waals surface area contributed by atoms with E-state index >= 15 is 0 Å². The number of rotatable bonds is 6. The van der Waals surface area contributed by atoms with Crippen LogP contribution in [0.1, 0.15) is 43.0 Å². The standard InChI is InChI=1S/C23H26N6O3/c1-3-32-23-25-12-18-17(11-24-21(18)28-23)14-8-9-29-20(10-14)19(13-26-29)22(30)27-15-4-6-16(31-2)7-5-15/h8-13,15-16H,3-7H2,1-2H3,(H,27,30)(H,24,25,28). The average molecular weight is 435 g/mol.